The van der Waals surface area contributed by atoms with Gasteiger partial charge in [-0.25, -0.2) is 4.79 Å². The lowest BCUT2D eigenvalue weighted by Crippen LogP contribution is -2.43. The van der Waals surface area contributed by atoms with E-state index in [0.717, 1.165) is 18.6 Å². The van der Waals surface area contributed by atoms with Gasteiger partial charge in [0.1, 0.15) is 6.04 Å². The number of methoxy groups -OCH3 is 1. The van der Waals surface area contributed by atoms with E-state index in [2.05, 4.69) is 0 Å². The molecule has 0 unspecified atom stereocenters. The first-order valence-corrected chi connectivity index (χ1v) is 6.88. The van der Waals surface area contributed by atoms with E-state index >= 15 is 0 Å². The van der Waals surface area contributed by atoms with Crippen molar-refractivity contribution in [3.8, 4) is 0 Å². The van der Waals surface area contributed by atoms with Crippen molar-refractivity contribution in [1.82, 2.24) is 4.90 Å². The summed E-state index contributed by atoms with van der Waals surface area (Å²) in [7, 11) is 1.37. The quantitative estimate of drug-likeness (QED) is 0.697. The van der Waals surface area contributed by atoms with E-state index in [0.29, 0.717) is 6.54 Å². The summed E-state index contributed by atoms with van der Waals surface area (Å²) in [6, 6.07) is -0.359. The Bertz CT molecular complexity index is 270. The number of amides is 1. The lowest BCUT2D eigenvalue weighted by molar-refractivity contribution is -0.151. The number of carbonyl (C=O) groups is 2. The standard InChI is InChI=1S/C11H19NO3S/c1-8(7-16-3)10(13)12-6-4-5-9(12)11(14)15-2/h8-9H,4-7H2,1-3H3/t8-,9+/m1/s1. The van der Waals surface area contributed by atoms with Crippen molar-refractivity contribution in [3.05, 3.63) is 0 Å². The number of hydrogen-bond acceptors (Lipinski definition) is 4. The molecule has 16 heavy (non-hydrogen) atoms. The average molecular weight is 245 g/mol. The topological polar surface area (TPSA) is 46.6 Å². The molecule has 1 heterocycles. The molecule has 0 aromatic heterocycles. The van der Waals surface area contributed by atoms with Crippen molar-refractivity contribution in [1.29, 1.82) is 0 Å². The number of rotatable bonds is 4. The van der Waals surface area contributed by atoms with Gasteiger partial charge in [0.25, 0.3) is 0 Å². The van der Waals surface area contributed by atoms with Gasteiger partial charge in [0, 0.05) is 18.2 Å². The Morgan fingerprint density at radius 2 is 2.25 bits per heavy atom. The summed E-state index contributed by atoms with van der Waals surface area (Å²) in [5, 5.41) is 0. The zero-order valence-electron chi connectivity index (χ0n) is 10.1. The summed E-state index contributed by atoms with van der Waals surface area (Å²) in [5.74, 6) is 0.549. The van der Waals surface area contributed by atoms with Crippen molar-refractivity contribution in [3.63, 3.8) is 0 Å². The fourth-order valence-corrected chi connectivity index (χ4v) is 2.66. The van der Waals surface area contributed by atoms with Crippen LogP contribution < -0.4 is 0 Å². The van der Waals surface area contributed by atoms with Crippen molar-refractivity contribution in [2.75, 3.05) is 25.7 Å². The Labute approximate surface area is 101 Å². The first-order valence-electron chi connectivity index (χ1n) is 5.49. The van der Waals surface area contributed by atoms with E-state index < -0.39 is 0 Å². The number of likely N-dealkylation sites (tertiary alicyclic amines) is 1. The molecule has 1 amide bonds. The van der Waals surface area contributed by atoms with Crippen molar-refractivity contribution >= 4 is 23.6 Å². The Hall–Kier alpha value is -0.710. The van der Waals surface area contributed by atoms with Gasteiger partial charge in [0.2, 0.25) is 5.91 Å². The van der Waals surface area contributed by atoms with E-state index in [1.807, 2.05) is 13.2 Å². The minimum absolute atomic E-state index is 0.0275. The smallest absolute Gasteiger partial charge is 0.328 e. The lowest BCUT2D eigenvalue weighted by atomic mass is 10.1. The summed E-state index contributed by atoms with van der Waals surface area (Å²) in [6.45, 7) is 2.59. The fourth-order valence-electron chi connectivity index (χ4n) is 2.02. The molecule has 0 radical (unpaired) electrons. The summed E-state index contributed by atoms with van der Waals surface area (Å²) in [4.78, 5) is 25.2. The maximum absolute atomic E-state index is 12.1. The second-order valence-electron chi connectivity index (χ2n) is 4.07. The SMILES string of the molecule is COC(=O)[C@@H]1CCCN1C(=O)[C@H](C)CSC. The van der Waals surface area contributed by atoms with E-state index in [4.69, 9.17) is 4.74 Å². The van der Waals surface area contributed by atoms with Gasteiger partial charge in [-0.15, -0.1) is 0 Å². The number of esters is 1. The first-order chi connectivity index (χ1) is 7.61. The van der Waals surface area contributed by atoms with Crippen LogP contribution in [0.2, 0.25) is 0 Å². The van der Waals surface area contributed by atoms with Gasteiger partial charge in [-0.2, -0.15) is 11.8 Å². The molecule has 1 saturated heterocycles. The third kappa shape index (κ3) is 2.90. The van der Waals surface area contributed by atoms with Crippen LogP contribution in [-0.2, 0) is 14.3 Å². The number of thioether (sulfide) groups is 1. The van der Waals surface area contributed by atoms with Gasteiger partial charge in [-0.1, -0.05) is 6.92 Å². The van der Waals surface area contributed by atoms with Crippen LogP contribution in [0.1, 0.15) is 19.8 Å². The summed E-state index contributed by atoms with van der Waals surface area (Å²) >= 11 is 1.65. The number of nitrogens with zero attached hydrogens (tertiary/aromatic N) is 1. The Morgan fingerprint density at radius 1 is 1.56 bits per heavy atom. The number of ether oxygens (including phenoxy) is 1. The van der Waals surface area contributed by atoms with Crippen LogP contribution in [-0.4, -0.2) is 48.5 Å². The molecule has 0 aromatic carbocycles. The van der Waals surface area contributed by atoms with Gasteiger partial charge in [-0.3, -0.25) is 4.79 Å². The molecule has 4 nitrogen and oxygen atoms in total. The van der Waals surface area contributed by atoms with Crippen molar-refractivity contribution in [2.24, 2.45) is 5.92 Å². The molecule has 5 heteroatoms. The highest BCUT2D eigenvalue weighted by molar-refractivity contribution is 7.98. The van der Waals surface area contributed by atoms with Crippen LogP contribution in [0.15, 0.2) is 0 Å². The Morgan fingerprint density at radius 3 is 2.81 bits per heavy atom. The summed E-state index contributed by atoms with van der Waals surface area (Å²) in [5.41, 5.74) is 0. The fraction of sp³-hybridized carbons (Fsp3) is 0.818. The summed E-state index contributed by atoms with van der Waals surface area (Å²) in [6.07, 6.45) is 3.59. The number of hydrogen-bond donors (Lipinski definition) is 0. The van der Waals surface area contributed by atoms with Crippen LogP contribution in [0.25, 0.3) is 0 Å². The maximum Gasteiger partial charge on any atom is 0.328 e. The van der Waals surface area contributed by atoms with Gasteiger partial charge >= 0.3 is 5.97 Å². The molecule has 2 atom stereocenters. The first kappa shape index (κ1) is 13.4. The molecule has 0 saturated carbocycles. The van der Waals surface area contributed by atoms with E-state index in [1.165, 1.54) is 7.11 Å². The number of carbonyl (C=O) groups excluding carboxylic acids is 2. The molecule has 0 spiro atoms. The minimum atomic E-state index is -0.359. The monoisotopic (exact) mass is 245 g/mol. The zero-order valence-corrected chi connectivity index (χ0v) is 10.9. The van der Waals surface area contributed by atoms with Crippen LogP contribution in [0.3, 0.4) is 0 Å². The highest BCUT2D eigenvalue weighted by Crippen LogP contribution is 2.21. The predicted octanol–water partition coefficient (Wildman–Crippen LogP) is 1.15. The van der Waals surface area contributed by atoms with Crippen LogP contribution in [0.4, 0.5) is 0 Å². The molecule has 92 valence electrons. The van der Waals surface area contributed by atoms with Crippen molar-refractivity contribution in [2.45, 2.75) is 25.8 Å². The molecule has 0 bridgehead atoms. The van der Waals surface area contributed by atoms with Gasteiger partial charge in [-0.05, 0) is 19.1 Å². The van der Waals surface area contributed by atoms with Gasteiger partial charge in [0.15, 0.2) is 0 Å². The van der Waals surface area contributed by atoms with E-state index in [1.54, 1.807) is 16.7 Å². The molecular formula is C11H19NO3S. The second-order valence-corrected chi connectivity index (χ2v) is 4.98. The predicted molar refractivity (Wildman–Crippen MR) is 64.3 cm³/mol. The molecule has 0 N–H and O–H groups in total. The Kier molecular flexibility index (Phi) is 5.12. The lowest BCUT2D eigenvalue weighted by Gasteiger charge is -2.25. The molecular weight excluding hydrogens is 226 g/mol. The third-order valence-electron chi connectivity index (χ3n) is 2.85. The molecule has 1 aliphatic heterocycles. The largest absolute Gasteiger partial charge is 0.467 e. The highest BCUT2D eigenvalue weighted by atomic mass is 32.2. The normalized spacial score (nSPS) is 21.9. The minimum Gasteiger partial charge on any atom is -0.467 e. The second kappa shape index (κ2) is 6.13. The maximum atomic E-state index is 12.1. The van der Waals surface area contributed by atoms with Crippen LogP contribution in [0.5, 0.6) is 0 Å². The highest BCUT2D eigenvalue weighted by Gasteiger charge is 2.36. The zero-order chi connectivity index (χ0) is 12.1. The molecule has 1 aliphatic rings. The average Bonchev–Trinajstić information content (AvgIpc) is 2.76. The summed E-state index contributed by atoms with van der Waals surface area (Å²) < 4.78 is 4.72. The van der Waals surface area contributed by atoms with Crippen molar-refractivity contribution < 1.29 is 14.3 Å². The molecule has 1 fully saturated rings. The van der Waals surface area contributed by atoms with Crippen LogP contribution >= 0.6 is 11.8 Å². The van der Waals surface area contributed by atoms with Gasteiger partial charge < -0.3 is 9.64 Å². The molecule has 0 aromatic rings. The molecule has 0 aliphatic carbocycles. The van der Waals surface area contributed by atoms with Gasteiger partial charge in [0.05, 0.1) is 7.11 Å². The van der Waals surface area contributed by atoms with E-state index in [-0.39, 0.29) is 23.8 Å². The van der Waals surface area contributed by atoms with E-state index in [9.17, 15) is 9.59 Å². The molecule has 1 rings (SSSR count). The van der Waals surface area contributed by atoms with Crippen LogP contribution in [0, 0.1) is 5.92 Å². The Balaban J connectivity index is 2.64. The third-order valence-corrected chi connectivity index (χ3v) is 3.68.